The van der Waals surface area contributed by atoms with Crippen molar-refractivity contribution in [3.8, 4) is 0 Å². The molecule has 2 rings (SSSR count). The number of hydrogen-bond donors (Lipinski definition) is 1. The molecule has 0 saturated heterocycles. The lowest BCUT2D eigenvalue weighted by Crippen LogP contribution is -2.05. The van der Waals surface area contributed by atoms with Crippen LogP contribution < -0.4 is 5.32 Å². The highest BCUT2D eigenvalue weighted by molar-refractivity contribution is 5.85. The molecule has 0 spiro atoms. The molecule has 1 aromatic heterocycles. The van der Waals surface area contributed by atoms with Crippen LogP contribution in [0.5, 0.6) is 0 Å². The fourth-order valence-corrected chi connectivity index (χ4v) is 1.50. The van der Waals surface area contributed by atoms with Gasteiger partial charge in [0.15, 0.2) is 0 Å². The lowest BCUT2D eigenvalue weighted by atomic mass is 10.1. The average molecular weight is 281 g/mol. The summed E-state index contributed by atoms with van der Waals surface area (Å²) in [7, 11) is 1.95. The minimum absolute atomic E-state index is 0. The summed E-state index contributed by atoms with van der Waals surface area (Å²) in [5.41, 5.74) is 2.35. The van der Waals surface area contributed by atoms with E-state index in [4.69, 9.17) is 0 Å². The van der Waals surface area contributed by atoms with Crippen molar-refractivity contribution >= 4 is 35.7 Å². The van der Waals surface area contributed by atoms with Crippen LogP contribution in [0.25, 0.3) is 10.9 Å². The molecule has 0 amide bonds. The van der Waals surface area contributed by atoms with E-state index >= 15 is 0 Å². The third kappa shape index (κ3) is 4.85. The molecular formula is C11H18Cl2N2O2. The van der Waals surface area contributed by atoms with Crippen molar-refractivity contribution < 1.29 is 11.0 Å². The third-order valence-corrected chi connectivity index (χ3v) is 2.08. The van der Waals surface area contributed by atoms with Crippen LogP contribution >= 0.6 is 24.8 Å². The van der Waals surface area contributed by atoms with Crippen LogP contribution in [0.2, 0.25) is 0 Å². The molecule has 5 N–H and O–H groups in total. The van der Waals surface area contributed by atoms with Gasteiger partial charge in [-0.15, -0.1) is 24.8 Å². The minimum Gasteiger partial charge on any atom is -0.412 e. The summed E-state index contributed by atoms with van der Waals surface area (Å²) in [6, 6.07) is 10.3. The number of para-hydroxylation sites is 1. The first-order valence-electron chi connectivity index (χ1n) is 4.39. The van der Waals surface area contributed by atoms with E-state index in [1.54, 1.807) is 0 Å². The van der Waals surface area contributed by atoms with Crippen molar-refractivity contribution in [3.63, 3.8) is 0 Å². The van der Waals surface area contributed by atoms with Gasteiger partial charge in [-0.3, -0.25) is 4.98 Å². The number of pyridine rings is 1. The quantitative estimate of drug-likeness (QED) is 0.894. The van der Waals surface area contributed by atoms with Gasteiger partial charge in [0.05, 0.1) is 5.52 Å². The Morgan fingerprint density at radius 2 is 1.71 bits per heavy atom. The highest BCUT2D eigenvalue weighted by Crippen LogP contribution is 2.15. The number of fused-ring (bicyclic) bond motifs is 1. The Morgan fingerprint density at radius 1 is 1.06 bits per heavy atom. The Morgan fingerprint density at radius 3 is 2.35 bits per heavy atom. The number of aromatic nitrogens is 1. The van der Waals surface area contributed by atoms with Crippen LogP contribution in [-0.4, -0.2) is 23.0 Å². The predicted molar refractivity (Wildman–Crippen MR) is 76.2 cm³/mol. The second kappa shape index (κ2) is 10.3. The Hall–Kier alpha value is -0.910. The first-order valence-corrected chi connectivity index (χ1v) is 4.39. The molecule has 0 radical (unpaired) electrons. The van der Waals surface area contributed by atoms with Gasteiger partial charge in [0, 0.05) is 18.1 Å². The van der Waals surface area contributed by atoms with Crippen LogP contribution in [0, 0.1) is 0 Å². The van der Waals surface area contributed by atoms with Gasteiger partial charge in [-0.1, -0.05) is 24.3 Å². The molecule has 1 aromatic carbocycles. The molecule has 0 saturated carbocycles. The van der Waals surface area contributed by atoms with Crippen LogP contribution in [0.4, 0.5) is 0 Å². The Labute approximate surface area is 113 Å². The lowest BCUT2D eigenvalue weighted by Gasteiger charge is -2.03. The van der Waals surface area contributed by atoms with Gasteiger partial charge in [0.2, 0.25) is 0 Å². The van der Waals surface area contributed by atoms with Gasteiger partial charge in [-0.25, -0.2) is 0 Å². The second-order valence-electron chi connectivity index (χ2n) is 3.02. The van der Waals surface area contributed by atoms with E-state index in [-0.39, 0.29) is 35.8 Å². The molecule has 0 aliphatic rings. The lowest BCUT2D eigenvalue weighted by molar-refractivity contribution is 0.822. The molecule has 0 fully saturated rings. The average Bonchev–Trinajstić information content (AvgIpc) is 2.19. The maximum Gasteiger partial charge on any atom is 0.0746 e. The molecule has 6 heteroatoms. The zero-order chi connectivity index (χ0) is 9.10. The fourth-order valence-electron chi connectivity index (χ4n) is 1.50. The summed E-state index contributed by atoms with van der Waals surface area (Å²) in [6.45, 7) is 0.869. The van der Waals surface area contributed by atoms with Crippen LogP contribution in [0.15, 0.2) is 36.5 Å². The maximum absolute atomic E-state index is 4.36. The van der Waals surface area contributed by atoms with Gasteiger partial charge >= 0.3 is 0 Å². The molecule has 4 nitrogen and oxygen atoms in total. The van der Waals surface area contributed by atoms with E-state index in [2.05, 4.69) is 34.6 Å². The predicted octanol–water partition coefficient (Wildman–Crippen LogP) is 1.15. The fraction of sp³-hybridized carbons (Fsp3) is 0.182. The smallest absolute Gasteiger partial charge is 0.0746 e. The zero-order valence-electron chi connectivity index (χ0n) is 9.43. The van der Waals surface area contributed by atoms with Gasteiger partial charge in [-0.05, 0) is 18.7 Å². The van der Waals surface area contributed by atoms with Crippen molar-refractivity contribution in [2.45, 2.75) is 6.54 Å². The largest absolute Gasteiger partial charge is 0.412 e. The van der Waals surface area contributed by atoms with E-state index in [1.165, 1.54) is 10.9 Å². The highest BCUT2D eigenvalue weighted by Gasteiger charge is 1.98. The molecule has 17 heavy (non-hydrogen) atoms. The van der Waals surface area contributed by atoms with Crippen LogP contribution in [0.1, 0.15) is 5.56 Å². The van der Waals surface area contributed by atoms with Crippen LogP contribution in [0.3, 0.4) is 0 Å². The van der Waals surface area contributed by atoms with Crippen molar-refractivity contribution in [3.05, 3.63) is 42.1 Å². The van der Waals surface area contributed by atoms with E-state index in [0.29, 0.717) is 0 Å². The molecule has 2 aromatic rings. The third-order valence-electron chi connectivity index (χ3n) is 2.08. The number of nitrogens with one attached hydrogen (secondary N) is 1. The topological polar surface area (TPSA) is 87.9 Å². The van der Waals surface area contributed by atoms with Gasteiger partial charge in [0.25, 0.3) is 0 Å². The summed E-state index contributed by atoms with van der Waals surface area (Å²) in [5.74, 6) is 0. The Kier molecular flexibility index (Phi) is 12.9. The molecule has 98 valence electrons. The Bertz CT molecular complexity index is 422. The van der Waals surface area contributed by atoms with Crippen molar-refractivity contribution in [1.29, 1.82) is 0 Å². The van der Waals surface area contributed by atoms with Gasteiger partial charge in [-0.2, -0.15) is 0 Å². The summed E-state index contributed by atoms with van der Waals surface area (Å²) in [6.07, 6.45) is 1.83. The standard InChI is InChI=1S/C11H12N2.2ClH.2H2O/c1-12-8-10-5-2-4-9-6-3-7-13-11(9)10;;;;/h2-7,12H,8H2,1H3;2*1H;2*1H2. The molecule has 0 unspecified atom stereocenters. The van der Waals surface area contributed by atoms with E-state index in [9.17, 15) is 0 Å². The number of rotatable bonds is 2. The number of hydrogen-bond acceptors (Lipinski definition) is 2. The summed E-state index contributed by atoms with van der Waals surface area (Å²) in [5, 5.41) is 4.34. The zero-order valence-corrected chi connectivity index (χ0v) is 11.1. The molecule has 0 aliphatic carbocycles. The van der Waals surface area contributed by atoms with Crippen LogP contribution in [-0.2, 0) is 6.54 Å². The van der Waals surface area contributed by atoms with E-state index in [0.717, 1.165) is 12.1 Å². The molecule has 0 bridgehead atoms. The second-order valence-corrected chi connectivity index (χ2v) is 3.02. The minimum atomic E-state index is 0. The molecular weight excluding hydrogens is 263 g/mol. The SMILES string of the molecule is CNCc1cccc2cccnc12.Cl.Cl.O.O. The molecule has 1 heterocycles. The van der Waals surface area contributed by atoms with Gasteiger partial charge in [0.1, 0.15) is 0 Å². The van der Waals surface area contributed by atoms with Crippen molar-refractivity contribution in [1.82, 2.24) is 10.3 Å². The number of halogens is 2. The first kappa shape index (κ1) is 21.4. The highest BCUT2D eigenvalue weighted by atomic mass is 35.5. The van der Waals surface area contributed by atoms with Crippen molar-refractivity contribution in [2.75, 3.05) is 7.05 Å². The maximum atomic E-state index is 4.36. The summed E-state index contributed by atoms with van der Waals surface area (Å²) in [4.78, 5) is 4.36. The summed E-state index contributed by atoms with van der Waals surface area (Å²) < 4.78 is 0. The summed E-state index contributed by atoms with van der Waals surface area (Å²) >= 11 is 0. The normalized spacial score (nSPS) is 8.06. The number of benzene rings is 1. The van der Waals surface area contributed by atoms with E-state index < -0.39 is 0 Å². The van der Waals surface area contributed by atoms with Crippen molar-refractivity contribution in [2.24, 2.45) is 0 Å². The van der Waals surface area contributed by atoms with E-state index in [1.807, 2.05) is 19.3 Å². The molecule has 0 aliphatic heterocycles. The molecule has 0 atom stereocenters. The monoisotopic (exact) mass is 280 g/mol. The number of nitrogens with zero attached hydrogens (tertiary/aromatic N) is 1. The van der Waals surface area contributed by atoms with Gasteiger partial charge < -0.3 is 16.3 Å². The first-order chi connectivity index (χ1) is 6.42. The Balaban J connectivity index is -0.000000490.